The summed E-state index contributed by atoms with van der Waals surface area (Å²) < 4.78 is 1.39. The average molecular weight is 264 g/mol. The molecule has 0 saturated carbocycles. The summed E-state index contributed by atoms with van der Waals surface area (Å²) in [5.74, 6) is 0. The van der Waals surface area contributed by atoms with E-state index in [9.17, 15) is 0 Å². The summed E-state index contributed by atoms with van der Waals surface area (Å²) in [6.45, 7) is 8.30. The fourth-order valence-electron chi connectivity index (χ4n) is 2.97. The predicted molar refractivity (Wildman–Crippen MR) is 69.4 cm³/mol. The molecule has 2 nitrogen and oxygen atoms in total. The molecule has 0 aromatic rings. The molecule has 1 aliphatic heterocycles. The molecule has 1 aliphatic rings. The molecule has 104 valence electrons. The van der Waals surface area contributed by atoms with Gasteiger partial charge in [0.2, 0.25) is 0 Å². The van der Waals surface area contributed by atoms with E-state index in [1.807, 2.05) is 0 Å². The van der Waals surface area contributed by atoms with E-state index in [-0.39, 0.29) is 12.4 Å². The lowest BCUT2D eigenvalue weighted by Gasteiger charge is -2.41. The van der Waals surface area contributed by atoms with Crippen molar-refractivity contribution in [3.63, 3.8) is 0 Å². The predicted octanol–water partition coefficient (Wildman–Crippen LogP) is -0.0462. The molecule has 1 heterocycles. The Bertz CT molecular complexity index is 170. The number of unbranched alkanes of at least 4 members (excludes halogenated alkanes) is 4. The van der Waals surface area contributed by atoms with Crippen LogP contribution in [0.15, 0.2) is 0 Å². The van der Waals surface area contributed by atoms with Crippen LogP contribution in [0.5, 0.6) is 0 Å². The van der Waals surface area contributed by atoms with Crippen LogP contribution < -0.4 is 12.4 Å². The fourth-order valence-corrected chi connectivity index (χ4v) is 2.97. The quantitative estimate of drug-likeness (QED) is 0.481. The van der Waals surface area contributed by atoms with Crippen LogP contribution in [0, 0.1) is 0 Å². The molecule has 3 heteroatoms. The van der Waals surface area contributed by atoms with E-state index in [0.717, 1.165) is 6.42 Å². The van der Waals surface area contributed by atoms with Crippen molar-refractivity contribution in [2.24, 2.45) is 0 Å². The number of likely N-dealkylation sites (tertiary alicyclic amines) is 1. The van der Waals surface area contributed by atoms with Crippen LogP contribution in [0.2, 0.25) is 0 Å². The number of nitrogens with zero attached hydrogens (tertiary/aromatic N) is 1. The minimum Gasteiger partial charge on any atom is -1.00 e. The zero-order valence-corrected chi connectivity index (χ0v) is 12.2. The normalized spacial score (nSPS) is 18.7. The zero-order chi connectivity index (χ0) is 11.7. The first-order chi connectivity index (χ1) is 7.83. The van der Waals surface area contributed by atoms with E-state index >= 15 is 0 Å². The summed E-state index contributed by atoms with van der Waals surface area (Å²) in [4.78, 5) is 0. The number of halogens is 1. The summed E-state index contributed by atoms with van der Waals surface area (Å²) in [6.07, 6.45) is 10.6. The molecule has 0 aromatic carbocycles. The van der Waals surface area contributed by atoms with Crippen molar-refractivity contribution in [1.82, 2.24) is 0 Å². The van der Waals surface area contributed by atoms with Crippen LogP contribution in [0.1, 0.15) is 58.3 Å². The third kappa shape index (κ3) is 6.64. The lowest BCUT2D eigenvalue weighted by Crippen LogP contribution is -3.00. The third-order valence-corrected chi connectivity index (χ3v) is 4.23. The first kappa shape index (κ1) is 17.2. The Labute approximate surface area is 113 Å². The van der Waals surface area contributed by atoms with Gasteiger partial charge in [-0.3, -0.25) is 0 Å². The van der Waals surface area contributed by atoms with Crippen LogP contribution >= 0.6 is 0 Å². The number of rotatable bonds is 8. The summed E-state index contributed by atoms with van der Waals surface area (Å²) in [5.41, 5.74) is 0. The van der Waals surface area contributed by atoms with E-state index in [4.69, 9.17) is 5.11 Å². The molecule has 1 rings (SSSR count). The Balaban J connectivity index is 0.00000256. The molecule has 0 aliphatic carbocycles. The summed E-state index contributed by atoms with van der Waals surface area (Å²) >= 11 is 0. The van der Waals surface area contributed by atoms with E-state index in [0.29, 0.717) is 6.61 Å². The van der Waals surface area contributed by atoms with Gasteiger partial charge in [0.15, 0.2) is 0 Å². The van der Waals surface area contributed by atoms with Gasteiger partial charge in [0.05, 0.1) is 26.2 Å². The molecular weight excluding hydrogens is 234 g/mol. The molecule has 0 atom stereocenters. The minimum atomic E-state index is 0. The van der Waals surface area contributed by atoms with Gasteiger partial charge in [0.1, 0.15) is 0 Å². The fraction of sp³-hybridized carbons (Fsp3) is 1.00. The van der Waals surface area contributed by atoms with Gasteiger partial charge < -0.3 is 22.0 Å². The molecule has 1 saturated heterocycles. The van der Waals surface area contributed by atoms with E-state index < -0.39 is 0 Å². The lowest BCUT2D eigenvalue weighted by atomic mass is 10.1. The summed E-state index contributed by atoms with van der Waals surface area (Å²) in [5, 5.41) is 8.70. The van der Waals surface area contributed by atoms with Crippen molar-refractivity contribution in [2.45, 2.75) is 58.3 Å². The maximum absolute atomic E-state index is 8.70. The number of hydrogen-bond donors (Lipinski definition) is 1. The topological polar surface area (TPSA) is 20.2 Å². The van der Waals surface area contributed by atoms with E-state index in [2.05, 4.69) is 6.92 Å². The highest BCUT2D eigenvalue weighted by atomic mass is 35.5. The zero-order valence-electron chi connectivity index (χ0n) is 11.5. The molecule has 0 bridgehead atoms. The Morgan fingerprint density at radius 1 is 0.882 bits per heavy atom. The van der Waals surface area contributed by atoms with Crippen LogP contribution in [-0.4, -0.2) is 42.4 Å². The van der Waals surface area contributed by atoms with Gasteiger partial charge in [0.25, 0.3) is 0 Å². The van der Waals surface area contributed by atoms with Gasteiger partial charge in [-0.1, -0.05) is 12.8 Å². The van der Waals surface area contributed by atoms with Crippen molar-refractivity contribution < 1.29 is 22.0 Å². The van der Waals surface area contributed by atoms with Gasteiger partial charge >= 0.3 is 0 Å². The second kappa shape index (κ2) is 10.2. The minimum absolute atomic E-state index is 0. The molecule has 0 unspecified atom stereocenters. The highest BCUT2D eigenvalue weighted by Gasteiger charge is 2.26. The third-order valence-electron chi connectivity index (χ3n) is 4.23. The van der Waals surface area contributed by atoms with Crippen LogP contribution in [0.3, 0.4) is 0 Å². The van der Waals surface area contributed by atoms with E-state index in [1.165, 1.54) is 75.6 Å². The second-order valence-electron chi connectivity index (χ2n) is 5.38. The number of quaternary nitrogens is 1. The number of piperidine rings is 1. The Morgan fingerprint density at radius 2 is 1.47 bits per heavy atom. The number of aliphatic hydroxyl groups is 1. The van der Waals surface area contributed by atoms with E-state index in [1.54, 1.807) is 0 Å². The SMILES string of the molecule is CC[N+]1(CCCCCCCO)CCCCC1.[Cl-]. The molecule has 0 radical (unpaired) electrons. The number of aliphatic hydroxyl groups excluding tert-OH is 1. The Hall–Kier alpha value is 0.210. The molecule has 0 amide bonds. The molecule has 0 aromatic heterocycles. The van der Waals surface area contributed by atoms with Gasteiger partial charge in [-0.15, -0.1) is 0 Å². The molecule has 17 heavy (non-hydrogen) atoms. The Kier molecular flexibility index (Phi) is 10.3. The average Bonchev–Trinajstić information content (AvgIpc) is 2.35. The Morgan fingerprint density at radius 3 is 2.06 bits per heavy atom. The van der Waals surface area contributed by atoms with Crippen LogP contribution in [0.25, 0.3) is 0 Å². The standard InChI is InChI=1S/C14H30NO.ClH/c1-2-15(12-8-6-9-13-15)11-7-4-3-5-10-14-16;/h16H,2-14H2,1H3;1H/q+1;/p-1. The maximum Gasteiger partial charge on any atom is 0.0786 e. The smallest absolute Gasteiger partial charge is 0.0786 e. The van der Waals surface area contributed by atoms with Crippen molar-refractivity contribution in [3.8, 4) is 0 Å². The maximum atomic E-state index is 8.70. The van der Waals surface area contributed by atoms with Crippen LogP contribution in [0.4, 0.5) is 0 Å². The lowest BCUT2D eigenvalue weighted by molar-refractivity contribution is -0.931. The number of hydrogen-bond acceptors (Lipinski definition) is 1. The van der Waals surface area contributed by atoms with Crippen LogP contribution in [-0.2, 0) is 0 Å². The molecule has 1 N–H and O–H groups in total. The monoisotopic (exact) mass is 263 g/mol. The van der Waals surface area contributed by atoms with Crippen molar-refractivity contribution in [2.75, 3.05) is 32.8 Å². The van der Waals surface area contributed by atoms with Gasteiger partial charge in [-0.25, -0.2) is 0 Å². The molecule has 1 fully saturated rings. The van der Waals surface area contributed by atoms with Gasteiger partial charge in [0, 0.05) is 6.61 Å². The summed E-state index contributed by atoms with van der Waals surface area (Å²) in [6, 6.07) is 0. The highest BCUT2D eigenvalue weighted by Crippen LogP contribution is 2.20. The van der Waals surface area contributed by atoms with Gasteiger partial charge in [-0.2, -0.15) is 0 Å². The highest BCUT2D eigenvalue weighted by molar-refractivity contribution is 4.54. The van der Waals surface area contributed by atoms with Crippen molar-refractivity contribution >= 4 is 0 Å². The largest absolute Gasteiger partial charge is 1.00 e. The molecular formula is C14H30ClNO. The summed E-state index contributed by atoms with van der Waals surface area (Å²) in [7, 11) is 0. The first-order valence-corrected chi connectivity index (χ1v) is 7.29. The van der Waals surface area contributed by atoms with Crippen molar-refractivity contribution in [3.05, 3.63) is 0 Å². The molecule has 0 spiro atoms. The second-order valence-corrected chi connectivity index (χ2v) is 5.38. The van der Waals surface area contributed by atoms with Gasteiger partial charge in [-0.05, 0) is 45.4 Å². The first-order valence-electron chi connectivity index (χ1n) is 7.29. The van der Waals surface area contributed by atoms with Crippen molar-refractivity contribution in [1.29, 1.82) is 0 Å².